The van der Waals surface area contributed by atoms with Crippen LogP contribution in [0.25, 0.3) is 0 Å². The number of halogens is 4. The first-order valence-electron chi connectivity index (χ1n) is 10.7. The van der Waals surface area contributed by atoms with E-state index in [1.54, 1.807) is 54.7 Å². The van der Waals surface area contributed by atoms with Crippen LogP contribution in [0.3, 0.4) is 0 Å². The van der Waals surface area contributed by atoms with Crippen LogP contribution < -0.4 is 10.6 Å². The van der Waals surface area contributed by atoms with Gasteiger partial charge in [0, 0.05) is 23.3 Å². The van der Waals surface area contributed by atoms with Crippen molar-refractivity contribution in [3.8, 4) is 0 Å². The molecule has 178 valence electrons. The lowest BCUT2D eigenvalue weighted by molar-refractivity contribution is -0.137. The van der Waals surface area contributed by atoms with Gasteiger partial charge in [-0.2, -0.15) is 13.2 Å². The Morgan fingerprint density at radius 2 is 1.54 bits per heavy atom. The molecule has 2 amide bonds. The highest BCUT2D eigenvalue weighted by atomic mass is 35.5. The molecule has 4 aromatic rings. The SMILES string of the molecule is O=C(Nc1cccc(Cl)c1)NC(Cc1ccccc1)(c1cccc(C(F)(F)F)c1)c1ccccn1. The quantitative estimate of drug-likeness (QED) is 0.301. The van der Waals surface area contributed by atoms with Gasteiger partial charge in [-0.25, -0.2) is 4.79 Å². The van der Waals surface area contributed by atoms with Gasteiger partial charge >= 0.3 is 12.2 Å². The number of aromatic nitrogens is 1. The largest absolute Gasteiger partial charge is 0.416 e. The summed E-state index contributed by atoms with van der Waals surface area (Å²) < 4.78 is 40.9. The summed E-state index contributed by atoms with van der Waals surface area (Å²) in [5.41, 5.74) is -0.347. The molecule has 0 bridgehead atoms. The number of pyridine rings is 1. The van der Waals surface area contributed by atoms with Gasteiger partial charge in [-0.1, -0.05) is 66.2 Å². The Labute approximate surface area is 205 Å². The number of nitrogens with zero attached hydrogens (tertiary/aromatic N) is 1. The van der Waals surface area contributed by atoms with Crippen molar-refractivity contribution in [1.29, 1.82) is 0 Å². The molecule has 3 aromatic carbocycles. The van der Waals surface area contributed by atoms with Crippen molar-refractivity contribution in [2.24, 2.45) is 0 Å². The van der Waals surface area contributed by atoms with Gasteiger partial charge in [0.25, 0.3) is 0 Å². The third kappa shape index (κ3) is 5.81. The van der Waals surface area contributed by atoms with E-state index in [9.17, 15) is 18.0 Å². The topological polar surface area (TPSA) is 54.0 Å². The number of anilines is 1. The summed E-state index contributed by atoms with van der Waals surface area (Å²) in [6.07, 6.45) is -2.85. The van der Waals surface area contributed by atoms with Crippen molar-refractivity contribution < 1.29 is 18.0 Å². The highest BCUT2D eigenvalue weighted by Crippen LogP contribution is 2.37. The molecule has 2 N–H and O–H groups in total. The summed E-state index contributed by atoms with van der Waals surface area (Å²) in [5, 5.41) is 6.09. The van der Waals surface area contributed by atoms with Crippen LogP contribution in [-0.2, 0) is 18.1 Å². The lowest BCUT2D eigenvalue weighted by Gasteiger charge is -2.35. The molecule has 4 nitrogen and oxygen atoms in total. The standard InChI is InChI=1S/C27H21ClF3N3O/c28-22-12-7-13-23(17-22)33-25(35)34-26(24-14-4-5-15-32-24,18-19-8-2-1-3-9-19)20-10-6-11-21(16-20)27(29,30)31/h1-17H,18H2,(H2,33,34,35). The number of carbonyl (C=O) groups is 1. The fourth-order valence-electron chi connectivity index (χ4n) is 3.92. The van der Waals surface area contributed by atoms with Crippen molar-refractivity contribution in [1.82, 2.24) is 10.3 Å². The minimum Gasteiger partial charge on any atom is -0.322 e. The van der Waals surface area contributed by atoms with E-state index in [0.717, 1.165) is 17.7 Å². The first kappa shape index (κ1) is 24.3. The summed E-state index contributed by atoms with van der Waals surface area (Å²) in [7, 11) is 0. The first-order chi connectivity index (χ1) is 16.8. The van der Waals surface area contributed by atoms with E-state index in [4.69, 9.17) is 11.6 Å². The minimum atomic E-state index is -4.55. The maximum absolute atomic E-state index is 13.6. The Balaban J connectivity index is 1.85. The number of amides is 2. The maximum atomic E-state index is 13.6. The molecule has 0 saturated heterocycles. The van der Waals surface area contributed by atoms with Crippen LogP contribution in [0.4, 0.5) is 23.7 Å². The van der Waals surface area contributed by atoms with Crippen molar-refractivity contribution in [2.75, 3.05) is 5.32 Å². The molecule has 0 aliphatic rings. The predicted molar refractivity (Wildman–Crippen MR) is 130 cm³/mol. The molecule has 0 radical (unpaired) electrons. The molecule has 1 atom stereocenters. The van der Waals surface area contributed by atoms with Crippen molar-refractivity contribution >= 4 is 23.3 Å². The first-order valence-corrected chi connectivity index (χ1v) is 11.1. The smallest absolute Gasteiger partial charge is 0.322 e. The fraction of sp³-hybridized carbons (Fsp3) is 0.111. The Hall–Kier alpha value is -3.84. The summed E-state index contributed by atoms with van der Waals surface area (Å²) in [5.74, 6) is 0. The van der Waals surface area contributed by atoms with Crippen molar-refractivity contribution in [3.05, 3.63) is 131 Å². The second-order valence-corrected chi connectivity index (χ2v) is 8.39. The van der Waals surface area contributed by atoms with E-state index in [2.05, 4.69) is 15.6 Å². The lowest BCUT2D eigenvalue weighted by atomic mass is 9.80. The van der Waals surface area contributed by atoms with Crippen LogP contribution in [0.1, 0.15) is 22.4 Å². The van der Waals surface area contributed by atoms with E-state index in [0.29, 0.717) is 16.4 Å². The highest BCUT2D eigenvalue weighted by molar-refractivity contribution is 6.30. The zero-order valence-corrected chi connectivity index (χ0v) is 19.1. The van der Waals surface area contributed by atoms with Crippen LogP contribution in [-0.4, -0.2) is 11.0 Å². The van der Waals surface area contributed by atoms with Gasteiger partial charge in [0.2, 0.25) is 0 Å². The molecule has 0 aliphatic carbocycles. The van der Waals surface area contributed by atoms with Crippen LogP contribution in [0, 0.1) is 0 Å². The van der Waals surface area contributed by atoms with Crippen LogP contribution in [0.5, 0.6) is 0 Å². The molecule has 0 aliphatic heterocycles. The maximum Gasteiger partial charge on any atom is 0.416 e. The van der Waals surface area contributed by atoms with Gasteiger partial charge in [-0.3, -0.25) is 4.98 Å². The number of nitrogens with one attached hydrogen (secondary N) is 2. The number of rotatable bonds is 6. The van der Waals surface area contributed by atoms with Crippen molar-refractivity contribution in [2.45, 2.75) is 18.1 Å². The van der Waals surface area contributed by atoms with Gasteiger partial charge in [0.05, 0.1) is 11.3 Å². The molecule has 8 heteroatoms. The summed E-state index contributed by atoms with van der Waals surface area (Å²) in [6.45, 7) is 0. The molecule has 4 rings (SSSR count). The molecule has 1 aromatic heterocycles. The lowest BCUT2D eigenvalue weighted by Crippen LogP contribution is -2.50. The summed E-state index contributed by atoms with van der Waals surface area (Å²) in [4.78, 5) is 17.7. The Morgan fingerprint density at radius 3 is 2.23 bits per heavy atom. The average molecular weight is 496 g/mol. The normalized spacial score (nSPS) is 13.0. The van der Waals surface area contributed by atoms with Crippen LogP contribution >= 0.6 is 11.6 Å². The number of benzene rings is 3. The minimum absolute atomic E-state index is 0.162. The number of urea groups is 1. The van der Waals surface area contributed by atoms with E-state index in [-0.39, 0.29) is 12.0 Å². The number of carbonyl (C=O) groups excluding carboxylic acids is 1. The second-order valence-electron chi connectivity index (χ2n) is 7.95. The number of hydrogen-bond acceptors (Lipinski definition) is 2. The summed E-state index contributed by atoms with van der Waals surface area (Å²) >= 11 is 6.03. The molecule has 0 saturated carbocycles. The van der Waals surface area contributed by atoms with Gasteiger partial charge < -0.3 is 10.6 Å². The van der Waals surface area contributed by atoms with E-state index >= 15 is 0 Å². The molecule has 35 heavy (non-hydrogen) atoms. The summed E-state index contributed by atoms with van der Waals surface area (Å²) in [6, 6.07) is 25.2. The molecule has 1 unspecified atom stereocenters. The predicted octanol–water partition coefficient (Wildman–Crippen LogP) is 7.06. The van der Waals surface area contributed by atoms with Crippen molar-refractivity contribution in [3.63, 3.8) is 0 Å². The third-order valence-electron chi connectivity index (χ3n) is 5.51. The van der Waals surface area contributed by atoms with E-state index in [1.165, 1.54) is 6.07 Å². The molecule has 1 heterocycles. The highest BCUT2D eigenvalue weighted by Gasteiger charge is 2.40. The van der Waals surface area contributed by atoms with Crippen LogP contribution in [0.15, 0.2) is 103 Å². The van der Waals surface area contributed by atoms with Gasteiger partial charge in [0.1, 0.15) is 5.54 Å². The monoisotopic (exact) mass is 495 g/mol. The van der Waals surface area contributed by atoms with E-state index < -0.39 is 23.3 Å². The average Bonchev–Trinajstić information content (AvgIpc) is 2.84. The Bertz CT molecular complexity index is 1300. The number of hydrogen-bond donors (Lipinski definition) is 2. The van der Waals surface area contributed by atoms with Crippen LogP contribution in [0.2, 0.25) is 5.02 Å². The zero-order chi connectivity index (χ0) is 24.9. The second kappa shape index (κ2) is 10.2. The Kier molecular flexibility index (Phi) is 7.07. The molecule has 0 fully saturated rings. The van der Waals surface area contributed by atoms with Gasteiger partial charge in [-0.15, -0.1) is 0 Å². The van der Waals surface area contributed by atoms with E-state index in [1.807, 2.05) is 30.3 Å². The Morgan fingerprint density at radius 1 is 0.829 bits per heavy atom. The van der Waals surface area contributed by atoms with Gasteiger partial charge in [-0.05, 0) is 53.6 Å². The fourth-order valence-corrected chi connectivity index (χ4v) is 4.11. The van der Waals surface area contributed by atoms with Gasteiger partial charge in [0.15, 0.2) is 0 Å². The number of alkyl halides is 3. The zero-order valence-electron chi connectivity index (χ0n) is 18.4. The molecular formula is C27H21ClF3N3O. The molecule has 0 spiro atoms. The molecular weight excluding hydrogens is 475 g/mol. The third-order valence-corrected chi connectivity index (χ3v) is 5.74.